The third-order valence-electron chi connectivity index (χ3n) is 2.11. The molecule has 0 spiro atoms. The van der Waals surface area contributed by atoms with Gasteiger partial charge in [0.1, 0.15) is 11.5 Å². The van der Waals surface area contributed by atoms with E-state index in [-0.39, 0.29) is 0 Å². The highest BCUT2D eigenvalue weighted by molar-refractivity contribution is 5.47. The van der Waals surface area contributed by atoms with Crippen LogP contribution in [0, 0.1) is 6.92 Å². The molecule has 0 heterocycles. The Hall–Kier alpha value is -1.18. The van der Waals surface area contributed by atoms with E-state index >= 15 is 0 Å². The number of hydrogen-bond acceptors (Lipinski definition) is 2. The quantitative estimate of drug-likeness (QED) is 0.711. The Morgan fingerprint density at radius 3 is 1.85 bits per heavy atom. The first kappa shape index (κ1) is 9.90. The SMILES string of the molecule is CCc1c(OC)cc(C)cc1OC. The van der Waals surface area contributed by atoms with E-state index in [2.05, 4.69) is 6.92 Å². The average molecular weight is 180 g/mol. The summed E-state index contributed by atoms with van der Waals surface area (Å²) in [6, 6.07) is 4.06. The van der Waals surface area contributed by atoms with Crippen LogP contribution in [0.2, 0.25) is 0 Å². The molecule has 0 saturated heterocycles. The maximum atomic E-state index is 5.28. The van der Waals surface area contributed by atoms with Crippen LogP contribution in [0.5, 0.6) is 11.5 Å². The Morgan fingerprint density at radius 2 is 1.54 bits per heavy atom. The zero-order valence-corrected chi connectivity index (χ0v) is 8.68. The molecule has 1 aromatic rings. The lowest BCUT2D eigenvalue weighted by molar-refractivity contribution is 0.385. The number of benzene rings is 1. The Bertz CT molecular complexity index is 267. The van der Waals surface area contributed by atoms with E-state index in [1.807, 2.05) is 19.1 Å². The molecule has 2 heteroatoms. The van der Waals surface area contributed by atoms with Gasteiger partial charge in [-0.3, -0.25) is 0 Å². The van der Waals surface area contributed by atoms with Crippen molar-refractivity contribution in [2.75, 3.05) is 14.2 Å². The van der Waals surface area contributed by atoms with Crippen LogP contribution in [0.4, 0.5) is 0 Å². The third-order valence-corrected chi connectivity index (χ3v) is 2.11. The smallest absolute Gasteiger partial charge is 0.126 e. The molecule has 2 nitrogen and oxygen atoms in total. The number of aryl methyl sites for hydroxylation is 1. The summed E-state index contributed by atoms with van der Waals surface area (Å²) in [5.41, 5.74) is 2.29. The molecule has 0 aliphatic rings. The Labute approximate surface area is 79.5 Å². The molecule has 72 valence electrons. The van der Waals surface area contributed by atoms with Gasteiger partial charge in [0.05, 0.1) is 14.2 Å². The van der Waals surface area contributed by atoms with Crippen LogP contribution in [0.25, 0.3) is 0 Å². The van der Waals surface area contributed by atoms with Crippen molar-refractivity contribution in [3.05, 3.63) is 23.3 Å². The molecule has 1 aromatic carbocycles. The second kappa shape index (κ2) is 4.17. The lowest BCUT2D eigenvalue weighted by Crippen LogP contribution is -1.96. The van der Waals surface area contributed by atoms with Gasteiger partial charge in [0.25, 0.3) is 0 Å². The minimum absolute atomic E-state index is 0.916. The van der Waals surface area contributed by atoms with Crippen molar-refractivity contribution in [1.82, 2.24) is 0 Å². The van der Waals surface area contributed by atoms with Crippen LogP contribution < -0.4 is 9.47 Å². The van der Waals surface area contributed by atoms with E-state index < -0.39 is 0 Å². The number of hydrogen-bond donors (Lipinski definition) is 0. The number of rotatable bonds is 3. The third kappa shape index (κ3) is 1.94. The summed E-state index contributed by atoms with van der Waals surface area (Å²) >= 11 is 0. The van der Waals surface area contributed by atoms with Crippen molar-refractivity contribution < 1.29 is 9.47 Å². The number of ether oxygens (including phenoxy) is 2. The van der Waals surface area contributed by atoms with Crippen molar-refractivity contribution in [1.29, 1.82) is 0 Å². The largest absolute Gasteiger partial charge is 0.496 e. The molecule has 0 aliphatic carbocycles. The predicted molar refractivity (Wildman–Crippen MR) is 53.7 cm³/mol. The molecule has 0 amide bonds. The first-order valence-electron chi connectivity index (χ1n) is 4.44. The van der Waals surface area contributed by atoms with Gasteiger partial charge >= 0.3 is 0 Å². The lowest BCUT2D eigenvalue weighted by atomic mass is 10.1. The molecule has 0 bridgehead atoms. The van der Waals surface area contributed by atoms with Gasteiger partial charge in [0.15, 0.2) is 0 Å². The monoisotopic (exact) mass is 180 g/mol. The van der Waals surface area contributed by atoms with Gasteiger partial charge in [-0.05, 0) is 31.0 Å². The highest BCUT2D eigenvalue weighted by Crippen LogP contribution is 2.30. The van der Waals surface area contributed by atoms with Crippen LogP contribution in [0.3, 0.4) is 0 Å². The standard InChI is InChI=1S/C11H16O2/c1-5-9-10(12-3)6-8(2)7-11(9)13-4/h6-7H,5H2,1-4H3. The summed E-state index contributed by atoms with van der Waals surface area (Å²) in [4.78, 5) is 0. The molecule has 0 unspecified atom stereocenters. The molecule has 0 aliphatic heterocycles. The predicted octanol–water partition coefficient (Wildman–Crippen LogP) is 2.57. The normalized spacial score (nSPS) is 9.85. The topological polar surface area (TPSA) is 18.5 Å². The molecular weight excluding hydrogens is 164 g/mol. The summed E-state index contributed by atoms with van der Waals surface area (Å²) < 4.78 is 10.6. The molecule has 0 atom stereocenters. The van der Waals surface area contributed by atoms with Gasteiger partial charge in [-0.25, -0.2) is 0 Å². The van der Waals surface area contributed by atoms with Crippen LogP contribution in [0.15, 0.2) is 12.1 Å². The molecule has 13 heavy (non-hydrogen) atoms. The van der Waals surface area contributed by atoms with E-state index in [4.69, 9.17) is 9.47 Å². The zero-order chi connectivity index (χ0) is 9.84. The molecule has 0 radical (unpaired) electrons. The maximum Gasteiger partial charge on any atom is 0.126 e. The van der Waals surface area contributed by atoms with Crippen LogP contribution in [-0.2, 0) is 6.42 Å². The first-order chi connectivity index (χ1) is 6.22. The fourth-order valence-electron chi connectivity index (χ4n) is 1.46. The van der Waals surface area contributed by atoms with E-state index in [0.29, 0.717) is 0 Å². The van der Waals surface area contributed by atoms with Gasteiger partial charge in [-0.2, -0.15) is 0 Å². The van der Waals surface area contributed by atoms with E-state index in [1.165, 1.54) is 0 Å². The highest BCUT2D eigenvalue weighted by atomic mass is 16.5. The van der Waals surface area contributed by atoms with Gasteiger partial charge in [0.2, 0.25) is 0 Å². The Morgan fingerprint density at radius 1 is 1.08 bits per heavy atom. The zero-order valence-electron chi connectivity index (χ0n) is 8.68. The molecular formula is C11H16O2. The minimum atomic E-state index is 0.916. The second-order valence-corrected chi connectivity index (χ2v) is 3.00. The fourth-order valence-corrected chi connectivity index (χ4v) is 1.46. The van der Waals surface area contributed by atoms with Crippen molar-refractivity contribution >= 4 is 0 Å². The van der Waals surface area contributed by atoms with E-state index in [9.17, 15) is 0 Å². The summed E-state index contributed by atoms with van der Waals surface area (Å²) in [5, 5.41) is 0. The Kier molecular flexibility index (Phi) is 3.18. The molecule has 1 rings (SSSR count). The lowest BCUT2D eigenvalue weighted by Gasteiger charge is -2.12. The fraction of sp³-hybridized carbons (Fsp3) is 0.455. The first-order valence-corrected chi connectivity index (χ1v) is 4.44. The van der Waals surface area contributed by atoms with E-state index in [0.717, 1.165) is 29.0 Å². The van der Waals surface area contributed by atoms with E-state index in [1.54, 1.807) is 14.2 Å². The van der Waals surface area contributed by atoms with Gasteiger partial charge in [-0.1, -0.05) is 6.92 Å². The molecule has 0 aromatic heterocycles. The van der Waals surface area contributed by atoms with Crippen LogP contribution in [-0.4, -0.2) is 14.2 Å². The van der Waals surface area contributed by atoms with Crippen molar-refractivity contribution in [3.8, 4) is 11.5 Å². The van der Waals surface area contributed by atoms with Crippen molar-refractivity contribution in [2.45, 2.75) is 20.3 Å². The summed E-state index contributed by atoms with van der Waals surface area (Å²) in [5.74, 6) is 1.83. The number of methoxy groups -OCH3 is 2. The summed E-state index contributed by atoms with van der Waals surface area (Å²) in [6.07, 6.45) is 0.923. The van der Waals surface area contributed by atoms with Gasteiger partial charge in [-0.15, -0.1) is 0 Å². The van der Waals surface area contributed by atoms with Crippen molar-refractivity contribution in [3.63, 3.8) is 0 Å². The summed E-state index contributed by atoms with van der Waals surface area (Å²) in [7, 11) is 3.38. The highest BCUT2D eigenvalue weighted by Gasteiger charge is 2.08. The minimum Gasteiger partial charge on any atom is -0.496 e. The van der Waals surface area contributed by atoms with Gasteiger partial charge in [0, 0.05) is 5.56 Å². The second-order valence-electron chi connectivity index (χ2n) is 3.00. The van der Waals surface area contributed by atoms with Crippen LogP contribution in [0.1, 0.15) is 18.1 Å². The van der Waals surface area contributed by atoms with Crippen molar-refractivity contribution in [2.24, 2.45) is 0 Å². The Balaban J connectivity index is 3.25. The maximum absolute atomic E-state index is 5.28. The summed E-state index contributed by atoms with van der Waals surface area (Å²) in [6.45, 7) is 4.13. The molecule has 0 N–H and O–H groups in total. The van der Waals surface area contributed by atoms with Gasteiger partial charge < -0.3 is 9.47 Å². The van der Waals surface area contributed by atoms with Crippen LogP contribution >= 0.6 is 0 Å². The molecule has 0 fully saturated rings. The average Bonchev–Trinajstić information content (AvgIpc) is 2.16. The molecule has 0 saturated carbocycles.